The van der Waals surface area contributed by atoms with Gasteiger partial charge in [-0.2, -0.15) is 10.2 Å². The van der Waals surface area contributed by atoms with Gasteiger partial charge in [-0.1, -0.05) is 0 Å². The molecule has 0 N–H and O–H groups in total. The molecule has 27 heavy (non-hydrogen) atoms. The van der Waals surface area contributed by atoms with E-state index < -0.39 is 0 Å². The third-order valence-electron chi connectivity index (χ3n) is 6.51. The first kappa shape index (κ1) is 17.2. The van der Waals surface area contributed by atoms with Crippen LogP contribution in [0.3, 0.4) is 0 Å². The molecule has 0 saturated carbocycles. The minimum Gasteiger partial charge on any atom is -0.297 e. The standard InChI is InChI=1S/C21H29N5O/c27-21-12-17-4-3-6-20(17)23-26(21)14-16-7-10-24(11-8-16)15-18-13-19-5-1-2-9-25(19)22-18/h12-13,16H,1-11,14-15H2. The fourth-order valence-electron chi connectivity index (χ4n) is 4.93. The second kappa shape index (κ2) is 7.23. The highest BCUT2D eigenvalue weighted by Gasteiger charge is 2.23. The Morgan fingerprint density at radius 2 is 1.85 bits per heavy atom. The van der Waals surface area contributed by atoms with Crippen LogP contribution in [-0.4, -0.2) is 37.6 Å². The zero-order chi connectivity index (χ0) is 18.2. The molecule has 6 heteroatoms. The van der Waals surface area contributed by atoms with Gasteiger partial charge in [-0.3, -0.25) is 14.4 Å². The van der Waals surface area contributed by atoms with E-state index in [1.807, 2.05) is 6.07 Å². The maximum absolute atomic E-state index is 12.3. The Balaban J connectivity index is 1.17. The zero-order valence-corrected chi connectivity index (χ0v) is 16.1. The number of likely N-dealkylation sites (tertiary alicyclic amines) is 1. The molecule has 0 unspecified atom stereocenters. The number of aryl methyl sites for hydroxylation is 4. The molecule has 6 nitrogen and oxygen atoms in total. The summed E-state index contributed by atoms with van der Waals surface area (Å²) in [5.41, 5.74) is 5.04. The minimum absolute atomic E-state index is 0.0849. The summed E-state index contributed by atoms with van der Waals surface area (Å²) in [5, 5.41) is 9.44. The van der Waals surface area contributed by atoms with Crippen LogP contribution in [0.5, 0.6) is 0 Å². The fourth-order valence-corrected chi connectivity index (χ4v) is 4.93. The van der Waals surface area contributed by atoms with Crippen LogP contribution in [0.15, 0.2) is 16.9 Å². The van der Waals surface area contributed by atoms with E-state index in [0.29, 0.717) is 5.92 Å². The van der Waals surface area contributed by atoms with Crippen molar-refractivity contribution in [2.24, 2.45) is 5.92 Å². The molecular weight excluding hydrogens is 338 g/mol. The monoisotopic (exact) mass is 367 g/mol. The largest absolute Gasteiger partial charge is 0.297 e. The van der Waals surface area contributed by atoms with Gasteiger partial charge in [0, 0.05) is 31.4 Å². The van der Waals surface area contributed by atoms with E-state index in [4.69, 9.17) is 5.10 Å². The molecule has 2 aliphatic heterocycles. The first-order chi connectivity index (χ1) is 13.2. The first-order valence-corrected chi connectivity index (χ1v) is 10.6. The Labute approximate surface area is 160 Å². The Hall–Kier alpha value is -1.95. The number of piperidine rings is 1. The van der Waals surface area contributed by atoms with Crippen LogP contribution in [-0.2, 0) is 38.9 Å². The SMILES string of the molecule is O=c1cc2c(nn1CC1CCN(Cc3cc4n(n3)CCCC4)CC1)CCC2. The predicted octanol–water partition coefficient (Wildman–Crippen LogP) is 2.18. The van der Waals surface area contributed by atoms with Crippen molar-refractivity contribution < 1.29 is 0 Å². The summed E-state index contributed by atoms with van der Waals surface area (Å²) in [6, 6.07) is 4.13. The van der Waals surface area contributed by atoms with Gasteiger partial charge in [0.2, 0.25) is 0 Å². The Morgan fingerprint density at radius 3 is 2.70 bits per heavy atom. The molecule has 3 aliphatic rings. The number of aromatic nitrogens is 4. The lowest BCUT2D eigenvalue weighted by Crippen LogP contribution is -2.36. The van der Waals surface area contributed by atoms with Gasteiger partial charge in [-0.05, 0) is 82.0 Å². The molecule has 0 atom stereocenters. The average molecular weight is 367 g/mol. The van der Waals surface area contributed by atoms with Crippen LogP contribution in [0.1, 0.15) is 54.7 Å². The first-order valence-electron chi connectivity index (χ1n) is 10.6. The molecular formula is C21H29N5O. The van der Waals surface area contributed by atoms with Crippen molar-refractivity contribution in [3.63, 3.8) is 0 Å². The molecule has 5 rings (SSSR count). The van der Waals surface area contributed by atoms with Crippen LogP contribution in [0.25, 0.3) is 0 Å². The Kier molecular flexibility index (Phi) is 4.60. The van der Waals surface area contributed by atoms with Gasteiger partial charge in [0.15, 0.2) is 0 Å². The van der Waals surface area contributed by atoms with Crippen molar-refractivity contribution in [3.8, 4) is 0 Å². The summed E-state index contributed by atoms with van der Waals surface area (Å²) in [6.07, 6.45) is 9.20. The minimum atomic E-state index is 0.0849. The van der Waals surface area contributed by atoms with Crippen molar-refractivity contribution in [2.75, 3.05) is 13.1 Å². The van der Waals surface area contributed by atoms with E-state index >= 15 is 0 Å². The number of fused-ring (bicyclic) bond motifs is 2. The number of hydrogen-bond donors (Lipinski definition) is 0. The molecule has 0 spiro atoms. The second-order valence-electron chi connectivity index (χ2n) is 8.52. The summed E-state index contributed by atoms with van der Waals surface area (Å²) >= 11 is 0. The summed E-state index contributed by atoms with van der Waals surface area (Å²) < 4.78 is 3.94. The van der Waals surface area contributed by atoms with Crippen LogP contribution in [0, 0.1) is 5.92 Å². The van der Waals surface area contributed by atoms with Gasteiger partial charge < -0.3 is 0 Å². The lowest BCUT2D eigenvalue weighted by Gasteiger charge is -2.31. The topological polar surface area (TPSA) is 56.0 Å². The van der Waals surface area contributed by atoms with E-state index in [2.05, 4.69) is 20.7 Å². The van der Waals surface area contributed by atoms with Gasteiger partial charge >= 0.3 is 0 Å². The molecule has 2 aromatic rings. The third kappa shape index (κ3) is 3.59. The van der Waals surface area contributed by atoms with E-state index in [-0.39, 0.29) is 5.56 Å². The molecule has 1 fully saturated rings. The molecule has 0 radical (unpaired) electrons. The van der Waals surface area contributed by atoms with Gasteiger partial charge in [0.1, 0.15) is 0 Å². The summed E-state index contributed by atoms with van der Waals surface area (Å²) in [5.74, 6) is 0.557. The Bertz CT molecular complexity index is 852. The lowest BCUT2D eigenvalue weighted by molar-refractivity contribution is 0.161. The highest BCUT2D eigenvalue weighted by Crippen LogP contribution is 2.22. The smallest absolute Gasteiger partial charge is 0.267 e. The van der Waals surface area contributed by atoms with Gasteiger partial charge in [-0.15, -0.1) is 0 Å². The average Bonchev–Trinajstić information content (AvgIpc) is 3.29. The molecule has 0 bridgehead atoms. The van der Waals surface area contributed by atoms with Crippen molar-refractivity contribution in [1.29, 1.82) is 0 Å². The van der Waals surface area contributed by atoms with Crippen molar-refractivity contribution >= 4 is 0 Å². The van der Waals surface area contributed by atoms with Crippen molar-refractivity contribution in [3.05, 3.63) is 45.1 Å². The lowest BCUT2D eigenvalue weighted by atomic mass is 9.96. The summed E-state index contributed by atoms with van der Waals surface area (Å²) in [6.45, 7) is 5.00. The Morgan fingerprint density at radius 1 is 0.963 bits per heavy atom. The van der Waals surface area contributed by atoms with Crippen LogP contribution >= 0.6 is 0 Å². The molecule has 144 valence electrons. The highest BCUT2D eigenvalue weighted by molar-refractivity contribution is 5.22. The predicted molar refractivity (Wildman–Crippen MR) is 104 cm³/mol. The summed E-state index contributed by atoms with van der Waals surface area (Å²) in [7, 11) is 0. The van der Waals surface area contributed by atoms with Crippen molar-refractivity contribution in [1.82, 2.24) is 24.5 Å². The van der Waals surface area contributed by atoms with Crippen molar-refractivity contribution in [2.45, 2.75) is 71.0 Å². The molecule has 2 aromatic heterocycles. The van der Waals surface area contributed by atoms with Gasteiger partial charge in [0.25, 0.3) is 5.56 Å². The maximum atomic E-state index is 12.3. The van der Waals surface area contributed by atoms with E-state index in [0.717, 1.165) is 70.5 Å². The molecule has 4 heterocycles. The molecule has 1 aliphatic carbocycles. The molecule has 0 aromatic carbocycles. The fraction of sp³-hybridized carbons (Fsp3) is 0.667. The van der Waals surface area contributed by atoms with Gasteiger partial charge in [-0.25, -0.2) is 4.68 Å². The number of nitrogens with zero attached hydrogens (tertiary/aromatic N) is 5. The molecule has 1 saturated heterocycles. The zero-order valence-electron chi connectivity index (χ0n) is 16.1. The van der Waals surface area contributed by atoms with Crippen LogP contribution in [0.2, 0.25) is 0 Å². The quantitative estimate of drug-likeness (QED) is 0.831. The van der Waals surface area contributed by atoms with Crippen LogP contribution in [0.4, 0.5) is 0 Å². The summed E-state index contributed by atoms with van der Waals surface area (Å²) in [4.78, 5) is 14.9. The second-order valence-corrected chi connectivity index (χ2v) is 8.52. The van der Waals surface area contributed by atoms with Crippen LogP contribution < -0.4 is 5.56 Å². The van der Waals surface area contributed by atoms with E-state index in [9.17, 15) is 4.79 Å². The van der Waals surface area contributed by atoms with E-state index in [1.165, 1.54) is 36.2 Å². The highest BCUT2D eigenvalue weighted by atomic mass is 16.1. The third-order valence-corrected chi connectivity index (χ3v) is 6.51. The number of rotatable bonds is 4. The molecule has 0 amide bonds. The normalized spacial score (nSPS) is 20.6. The van der Waals surface area contributed by atoms with E-state index in [1.54, 1.807) is 4.68 Å². The maximum Gasteiger partial charge on any atom is 0.267 e. The van der Waals surface area contributed by atoms with Gasteiger partial charge in [0.05, 0.1) is 11.4 Å². The number of hydrogen-bond acceptors (Lipinski definition) is 4.